The first-order valence-electron chi connectivity index (χ1n) is 12.6. The molecule has 0 aromatic heterocycles. The van der Waals surface area contributed by atoms with Crippen LogP contribution in [0.25, 0.3) is 0 Å². The summed E-state index contributed by atoms with van der Waals surface area (Å²) in [6.07, 6.45) is 0. The van der Waals surface area contributed by atoms with Gasteiger partial charge in [-0.2, -0.15) is 0 Å². The van der Waals surface area contributed by atoms with E-state index in [4.69, 9.17) is 0 Å². The minimum absolute atomic E-state index is 0.0586. The predicted molar refractivity (Wildman–Crippen MR) is 137 cm³/mol. The molecular weight excluding hydrogens is 428 g/mol. The molecule has 0 N–H and O–H groups in total. The summed E-state index contributed by atoms with van der Waals surface area (Å²) in [6, 6.07) is 43.0. The largest absolute Gasteiger partial charge is 0.299 e. The van der Waals surface area contributed by atoms with E-state index in [1.54, 1.807) is 0 Å². The van der Waals surface area contributed by atoms with Crippen molar-refractivity contribution in [3.05, 3.63) is 144 Å². The standard InChI is InChI=1S/C32H28N2O/c35-32-26-28(22-13-5-1-6-14-22)33-21-34(29(26)23-15-7-2-8-16-23)31(25-19-11-4-12-20-25)27(32)30(33)24-17-9-3-10-18-24/h1-20,26-31H,21H2/t26?,27?,28-,29+,30+,31-. The third kappa shape index (κ3) is 3.16. The Morgan fingerprint density at radius 1 is 0.429 bits per heavy atom. The van der Waals surface area contributed by atoms with Gasteiger partial charge in [-0.1, -0.05) is 121 Å². The lowest BCUT2D eigenvalue weighted by Gasteiger charge is -2.67. The fraction of sp³-hybridized carbons (Fsp3) is 0.219. The van der Waals surface area contributed by atoms with E-state index in [0.717, 1.165) is 6.67 Å². The Hall–Kier alpha value is -3.53. The van der Waals surface area contributed by atoms with Gasteiger partial charge in [-0.3, -0.25) is 14.6 Å². The molecule has 35 heavy (non-hydrogen) atoms. The zero-order chi connectivity index (χ0) is 23.4. The van der Waals surface area contributed by atoms with Gasteiger partial charge < -0.3 is 0 Å². The van der Waals surface area contributed by atoms with E-state index in [0.29, 0.717) is 5.78 Å². The van der Waals surface area contributed by atoms with Crippen molar-refractivity contribution in [2.24, 2.45) is 11.8 Å². The number of ketones is 1. The second-order valence-electron chi connectivity index (χ2n) is 10.0. The number of hydrogen-bond donors (Lipinski definition) is 0. The number of rotatable bonds is 4. The highest BCUT2D eigenvalue weighted by molar-refractivity contribution is 5.89. The second-order valence-corrected chi connectivity index (χ2v) is 10.0. The summed E-state index contributed by atoms with van der Waals surface area (Å²) in [4.78, 5) is 19.9. The third-order valence-electron chi connectivity index (χ3n) is 8.34. The maximum Gasteiger partial charge on any atom is 0.146 e. The van der Waals surface area contributed by atoms with E-state index in [9.17, 15) is 4.79 Å². The molecule has 172 valence electrons. The lowest BCUT2D eigenvalue weighted by atomic mass is 9.60. The first-order valence-corrected chi connectivity index (χ1v) is 12.6. The topological polar surface area (TPSA) is 23.6 Å². The Kier molecular flexibility index (Phi) is 4.93. The van der Waals surface area contributed by atoms with E-state index >= 15 is 0 Å². The molecule has 4 bridgehead atoms. The Bertz CT molecular complexity index is 1130. The number of Topliss-reactive ketones (excluding diaryl/α,β-unsaturated/α-hetero) is 1. The van der Waals surface area contributed by atoms with Crippen LogP contribution in [0, 0.1) is 11.8 Å². The normalized spacial score (nSPS) is 33.1. The molecule has 4 aromatic rings. The average molecular weight is 457 g/mol. The maximum absolute atomic E-state index is 14.7. The Balaban J connectivity index is 1.45. The molecule has 8 atom stereocenters. The SMILES string of the molecule is O=C1C2[C@@H](c3ccccc3)N3CN([C@H](c4ccccc4)C1[C@@H]3c1ccccc1)[C@H]2c1ccccc1. The van der Waals surface area contributed by atoms with Gasteiger partial charge in [0.2, 0.25) is 0 Å². The number of benzene rings is 4. The van der Waals surface area contributed by atoms with Gasteiger partial charge in [0.25, 0.3) is 0 Å². The van der Waals surface area contributed by atoms with Crippen LogP contribution in [0.4, 0.5) is 0 Å². The van der Waals surface area contributed by atoms with Crippen molar-refractivity contribution < 1.29 is 4.79 Å². The molecule has 0 aliphatic carbocycles. The number of piperidine rings is 2. The molecule has 3 heteroatoms. The van der Waals surface area contributed by atoms with Crippen LogP contribution in [0.1, 0.15) is 46.4 Å². The molecular formula is C32H28N2O. The van der Waals surface area contributed by atoms with Crippen LogP contribution in [0.2, 0.25) is 0 Å². The zero-order valence-corrected chi connectivity index (χ0v) is 19.5. The summed E-state index contributed by atoms with van der Waals surface area (Å²) in [5, 5.41) is 0. The van der Waals surface area contributed by atoms with Gasteiger partial charge in [0.1, 0.15) is 5.78 Å². The Morgan fingerprint density at radius 2 is 0.686 bits per heavy atom. The van der Waals surface area contributed by atoms with Gasteiger partial charge in [0, 0.05) is 24.2 Å². The molecule has 4 heterocycles. The predicted octanol–water partition coefficient (Wildman–Crippen LogP) is 6.36. The van der Waals surface area contributed by atoms with Crippen molar-refractivity contribution in [2.45, 2.75) is 24.2 Å². The van der Waals surface area contributed by atoms with Crippen molar-refractivity contribution in [3.63, 3.8) is 0 Å². The average Bonchev–Trinajstić information content (AvgIpc) is 2.93. The molecule has 4 aromatic carbocycles. The molecule has 0 saturated carbocycles. The molecule has 4 aliphatic heterocycles. The second kappa shape index (κ2) is 8.30. The van der Waals surface area contributed by atoms with Gasteiger partial charge in [-0.15, -0.1) is 0 Å². The van der Waals surface area contributed by atoms with Gasteiger partial charge in [0.05, 0.1) is 18.5 Å². The smallest absolute Gasteiger partial charge is 0.146 e. The quantitative estimate of drug-likeness (QED) is 0.357. The number of nitrogens with zero attached hydrogens (tertiary/aromatic N) is 2. The fourth-order valence-corrected chi connectivity index (χ4v) is 7.10. The molecule has 3 nitrogen and oxygen atoms in total. The van der Waals surface area contributed by atoms with E-state index in [-0.39, 0.29) is 36.0 Å². The highest BCUT2D eigenvalue weighted by Crippen LogP contribution is 2.63. The van der Waals surface area contributed by atoms with Crippen molar-refractivity contribution in [1.29, 1.82) is 0 Å². The van der Waals surface area contributed by atoms with Crippen LogP contribution in [0.5, 0.6) is 0 Å². The van der Waals surface area contributed by atoms with Gasteiger partial charge in [-0.25, -0.2) is 0 Å². The summed E-state index contributed by atoms with van der Waals surface area (Å²) < 4.78 is 0. The summed E-state index contributed by atoms with van der Waals surface area (Å²) in [5.41, 5.74) is 4.96. The molecule has 8 rings (SSSR count). The molecule has 0 spiro atoms. The highest BCUT2D eigenvalue weighted by atomic mass is 16.1. The summed E-state index contributed by atoms with van der Waals surface area (Å²) in [7, 11) is 0. The summed E-state index contributed by atoms with van der Waals surface area (Å²) >= 11 is 0. The molecule has 0 radical (unpaired) electrons. The Morgan fingerprint density at radius 3 is 0.943 bits per heavy atom. The number of carbonyl (C=O) groups excluding carboxylic acids is 1. The van der Waals surface area contributed by atoms with Crippen molar-refractivity contribution >= 4 is 5.78 Å². The van der Waals surface area contributed by atoms with Crippen LogP contribution in [-0.4, -0.2) is 22.3 Å². The fourth-order valence-electron chi connectivity index (χ4n) is 7.10. The van der Waals surface area contributed by atoms with Gasteiger partial charge >= 0.3 is 0 Å². The molecule has 4 aliphatic rings. The van der Waals surface area contributed by atoms with Crippen LogP contribution in [0.3, 0.4) is 0 Å². The molecule has 4 fully saturated rings. The first kappa shape index (κ1) is 20.8. The van der Waals surface area contributed by atoms with Crippen molar-refractivity contribution in [2.75, 3.05) is 6.67 Å². The van der Waals surface area contributed by atoms with E-state index in [1.807, 2.05) is 0 Å². The van der Waals surface area contributed by atoms with Gasteiger partial charge in [-0.05, 0) is 22.3 Å². The third-order valence-corrected chi connectivity index (χ3v) is 8.34. The summed E-state index contributed by atoms with van der Waals surface area (Å²) in [6.45, 7) is 0.832. The number of carbonyl (C=O) groups is 1. The molecule has 4 unspecified atom stereocenters. The van der Waals surface area contributed by atoms with Gasteiger partial charge in [0.15, 0.2) is 0 Å². The van der Waals surface area contributed by atoms with Crippen LogP contribution in [0.15, 0.2) is 121 Å². The van der Waals surface area contributed by atoms with Crippen LogP contribution < -0.4 is 0 Å². The lowest BCUT2D eigenvalue weighted by Crippen LogP contribution is -2.69. The van der Waals surface area contributed by atoms with E-state index < -0.39 is 0 Å². The molecule has 4 saturated heterocycles. The van der Waals surface area contributed by atoms with Crippen molar-refractivity contribution in [1.82, 2.24) is 9.80 Å². The van der Waals surface area contributed by atoms with E-state index in [2.05, 4.69) is 131 Å². The monoisotopic (exact) mass is 456 g/mol. The Labute approximate surface area is 206 Å². The maximum atomic E-state index is 14.7. The zero-order valence-electron chi connectivity index (χ0n) is 19.5. The minimum atomic E-state index is -0.0986. The van der Waals surface area contributed by atoms with Crippen LogP contribution in [-0.2, 0) is 4.79 Å². The lowest BCUT2D eigenvalue weighted by molar-refractivity contribution is -0.208. The highest BCUT2D eigenvalue weighted by Gasteiger charge is 2.65. The summed E-state index contributed by atoms with van der Waals surface area (Å²) in [5.74, 6) is 0.208. The minimum Gasteiger partial charge on any atom is -0.299 e. The van der Waals surface area contributed by atoms with E-state index in [1.165, 1.54) is 22.3 Å². The molecule has 0 amide bonds. The first-order chi connectivity index (χ1) is 17.3. The van der Waals surface area contributed by atoms with Crippen molar-refractivity contribution in [3.8, 4) is 0 Å². The number of hydrogen-bond acceptors (Lipinski definition) is 3. The van der Waals surface area contributed by atoms with Crippen LogP contribution >= 0.6 is 0 Å².